The smallest absolute Gasteiger partial charge is 0.0752 e. The van der Waals surface area contributed by atoms with Gasteiger partial charge in [0.25, 0.3) is 0 Å². The maximum Gasteiger partial charge on any atom is 0.0752 e. The van der Waals surface area contributed by atoms with Crippen LogP contribution in [0.1, 0.15) is 11.1 Å². The van der Waals surface area contributed by atoms with E-state index in [1.54, 1.807) is 6.20 Å². The summed E-state index contributed by atoms with van der Waals surface area (Å²) in [5.74, 6) is 0. The summed E-state index contributed by atoms with van der Waals surface area (Å²) in [6, 6.07) is 13.7. The van der Waals surface area contributed by atoms with E-state index in [2.05, 4.69) is 10.3 Å². The van der Waals surface area contributed by atoms with E-state index in [-0.39, 0.29) is 0 Å². The van der Waals surface area contributed by atoms with Crippen LogP contribution in [0.25, 0.3) is 10.9 Å². The van der Waals surface area contributed by atoms with Crippen LogP contribution in [-0.2, 0) is 6.54 Å². The molecular formula is C17H14Cl2N2. The number of aryl methyl sites for hydroxylation is 1. The van der Waals surface area contributed by atoms with Gasteiger partial charge in [0.2, 0.25) is 0 Å². The molecule has 3 rings (SSSR count). The Hall–Kier alpha value is -1.77. The maximum atomic E-state index is 6.39. The Kier molecular flexibility index (Phi) is 4.00. The van der Waals surface area contributed by atoms with Crippen LogP contribution in [-0.4, -0.2) is 4.98 Å². The van der Waals surface area contributed by atoms with Gasteiger partial charge in [0.15, 0.2) is 0 Å². The number of hydrogen-bond donors (Lipinski definition) is 1. The summed E-state index contributed by atoms with van der Waals surface area (Å²) in [6.07, 6.45) is 1.80. The average molecular weight is 317 g/mol. The number of hydrogen-bond acceptors (Lipinski definition) is 2. The molecule has 0 aliphatic heterocycles. The molecule has 106 valence electrons. The molecule has 0 aliphatic rings. The van der Waals surface area contributed by atoms with Gasteiger partial charge in [-0.3, -0.25) is 4.98 Å². The molecule has 0 spiro atoms. The first-order valence-electron chi connectivity index (χ1n) is 6.67. The van der Waals surface area contributed by atoms with E-state index in [0.29, 0.717) is 11.6 Å². The Morgan fingerprint density at radius 1 is 1.10 bits per heavy atom. The van der Waals surface area contributed by atoms with Crippen molar-refractivity contribution < 1.29 is 0 Å². The van der Waals surface area contributed by atoms with Gasteiger partial charge in [0, 0.05) is 23.2 Å². The number of rotatable bonds is 3. The molecule has 0 amide bonds. The number of fused-ring (bicyclic) bond motifs is 1. The van der Waals surface area contributed by atoms with Crippen LogP contribution in [0.15, 0.2) is 48.7 Å². The monoisotopic (exact) mass is 316 g/mol. The molecule has 0 radical (unpaired) electrons. The summed E-state index contributed by atoms with van der Waals surface area (Å²) < 4.78 is 0. The number of nitrogens with zero attached hydrogens (tertiary/aromatic N) is 1. The molecule has 3 aromatic rings. The van der Waals surface area contributed by atoms with Gasteiger partial charge in [-0.05, 0) is 48.4 Å². The molecule has 4 heteroatoms. The van der Waals surface area contributed by atoms with Crippen molar-refractivity contribution in [3.63, 3.8) is 0 Å². The highest BCUT2D eigenvalue weighted by molar-refractivity contribution is 6.35. The SMILES string of the molecule is Cc1cc(Cl)c(NCc2cccc(Cl)c2)c2cccnc12. The number of pyridine rings is 1. The summed E-state index contributed by atoms with van der Waals surface area (Å²) in [5, 5.41) is 5.86. The van der Waals surface area contributed by atoms with Crippen LogP contribution in [0.2, 0.25) is 10.0 Å². The zero-order valence-electron chi connectivity index (χ0n) is 11.5. The molecule has 1 heterocycles. The van der Waals surface area contributed by atoms with Crippen LogP contribution in [0, 0.1) is 6.92 Å². The minimum absolute atomic E-state index is 0.660. The normalized spacial score (nSPS) is 10.8. The molecule has 21 heavy (non-hydrogen) atoms. The van der Waals surface area contributed by atoms with Crippen molar-refractivity contribution in [2.75, 3.05) is 5.32 Å². The molecule has 0 saturated heterocycles. The first-order chi connectivity index (χ1) is 10.1. The Balaban J connectivity index is 1.97. The summed E-state index contributed by atoms with van der Waals surface area (Å²) in [6.45, 7) is 2.68. The van der Waals surface area contributed by atoms with Gasteiger partial charge in [-0.15, -0.1) is 0 Å². The Labute approximate surface area is 133 Å². The van der Waals surface area contributed by atoms with E-state index in [1.165, 1.54) is 0 Å². The van der Waals surface area contributed by atoms with Crippen LogP contribution in [0.4, 0.5) is 5.69 Å². The van der Waals surface area contributed by atoms with Gasteiger partial charge in [0.1, 0.15) is 0 Å². The molecular weight excluding hydrogens is 303 g/mol. The van der Waals surface area contributed by atoms with E-state index < -0.39 is 0 Å². The number of anilines is 1. The number of nitrogens with one attached hydrogen (secondary N) is 1. The Bertz CT molecular complexity index is 800. The fourth-order valence-corrected chi connectivity index (χ4v) is 2.94. The van der Waals surface area contributed by atoms with E-state index >= 15 is 0 Å². The quantitative estimate of drug-likeness (QED) is 0.693. The number of aromatic nitrogens is 1. The third-order valence-corrected chi connectivity index (χ3v) is 3.92. The molecule has 1 aromatic heterocycles. The molecule has 2 nitrogen and oxygen atoms in total. The first kappa shape index (κ1) is 14.2. The highest BCUT2D eigenvalue weighted by Crippen LogP contribution is 2.33. The minimum Gasteiger partial charge on any atom is -0.379 e. The average Bonchev–Trinajstić information content (AvgIpc) is 2.47. The lowest BCUT2D eigenvalue weighted by atomic mass is 10.1. The molecule has 0 unspecified atom stereocenters. The third-order valence-electron chi connectivity index (χ3n) is 3.39. The van der Waals surface area contributed by atoms with E-state index in [4.69, 9.17) is 23.2 Å². The third kappa shape index (κ3) is 2.97. The molecule has 0 atom stereocenters. The molecule has 0 saturated carbocycles. The van der Waals surface area contributed by atoms with Crippen molar-refractivity contribution in [2.45, 2.75) is 13.5 Å². The van der Waals surface area contributed by atoms with Crippen molar-refractivity contribution in [3.05, 3.63) is 69.8 Å². The fourth-order valence-electron chi connectivity index (χ4n) is 2.40. The van der Waals surface area contributed by atoms with Gasteiger partial charge in [-0.1, -0.05) is 35.3 Å². The zero-order valence-corrected chi connectivity index (χ0v) is 13.0. The number of halogens is 2. The number of benzene rings is 2. The standard InChI is InChI=1S/C17H14Cl2N2/c1-11-8-15(19)17(14-6-3-7-20-16(11)14)21-10-12-4-2-5-13(18)9-12/h2-9,21H,10H2,1H3. The van der Waals surface area contributed by atoms with Crippen LogP contribution in [0.5, 0.6) is 0 Å². The second-order valence-corrected chi connectivity index (χ2v) is 5.78. The second-order valence-electron chi connectivity index (χ2n) is 4.93. The van der Waals surface area contributed by atoms with Gasteiger partial charge in [0.05, 0.1) is 16.2 Å². The largest absolute Gasteiger partial charge is 0.379 e. The van der Waals surface area contributed by atoms with Gasteiger partial charge in [-0.2, -0.15) is 0 Å². The molecule has 2 aromatic carbocycles. The van der Waals surface area contributed by atoms with E-state index in [0.717, 1.165) is 32.7 Å². The van der Waals surface area contributed by atoms with E-state index in [9.17, 15) is 0 Å². The van der Waals surface area contributed by atoms with Crippen LogP contribution < -0.4 is 5.32 Å². The molecule has 0 bridgehead atoms. The van der Waals surface area contributed by atoms with Gasteiger partial charge in [-0.25, -0.2) is 0 Å². The maximum absolute atomic E-state index is 6.39. The predicted molar refractivity (Wildman–Crippen MR) is 90.3 cm³/mol. The van der Waals surface area contributed by atoms with Crippen molar-refractivity contribution in [3.8, 4) is 0 Å². The highest BCUT2D eigenvalue weighted by Gasteiger charge is 2.09. The highest BCUT2D eigenvalue weighted by atomic mass is 35.5. The Morgan fingerprint density at radius 2 is 1.95 bits per heavy atom. The molecule has 0 aliphatic carbocycles. The topological polar surface area (TPSA) is 24.9 Å². The second kappa shape index (κ2) is 5.92. The Morgan fingerprint density at radius 3 is 2.76 bits per heavy atom. The van der Waals surface area contributed by atoms with Crippen LogP contribution >= 0.6 is 23.2 Å². The lowest BCUT2D eigenvalue weighted by molar-refractivity contribution is 1.15. The summed E-state index contributed by atoms with van der Waals surface area (Å²) in [4.78, 5) is 4.43. The fraction of sp³-hybridized carbons (Fsp3) is 0.118. The summed E-state index contributed by atoms with van der Waals surface area (Å²) in [7, 11) is 0. The van der Waals surface area contributed by atoms with Gasteiger partial charge >= 0.3 is 0 Å². The van der Waals surface area contributed by atoms with Crippen molar-refractivity contribution >= 4 is 39.8 Å². The summed E-state index contributed by atoms with van der Waals surface area (Å²) >= 11 is 12.4. The lowest BCUT2D eigenvalue weighted by Gasteiger charge is -2.13. The molecule has 1 N–H and O–H groups in total. The van der Waals surface area contributed by atoms with E-state index in [1.807, 2.05) is 49.4 Å². The molecule has 0 fully saturated rings. The van der Waals surface area contributed by atoms with Crippen molar-refractivity contribution in [1.82, 2.24) is 4.98 Å². The summed E-state index contributed by atoms with van der Waals surface area (Å²) in [5.41, 5.74) is 4.06. The van der Waals surface area contributed by atoms with Crippen molar-refractivity contribution in [1.29, 1.82) is 0 Å². The van der Waals surface area contributed by atoms with Crippen molar-refractivity contribution in [2.24, 2.45) is 0 Å². The zero-order chi connectivity index (χ0) is 14.8. The minimum atomic E-state index is 0.660. The van der Waals surface area contributed by atoms with Crippen LogP contribution in [0.3, 0.4) is 0 Å². The first-order valence-corrected chi connectivity index (χ1v) is 7.43. The predicted octanol–water partition coefficient (Wildman–Crippen LogP) is 5.46. The lowest BCUT2D eigenvalue weighted by Crippen LogP contribution is -2.01. The van der Waals surface area contributed by atoms with Gasteiger partial charge < -0.3 is 5.32 Å².